The van der Waals surface area contributed by atoms with Crippen molar-refractivity contribution < 1.29 is 9.53 Å². The number of nitrogen functional groups attached to an aromatic ring is 1. The van der Waals surface area contributed by atoms with E-state index < -0.39 is 0 Å². The first-order valence-electron chi connectivity index (χ1n) is 5.05. The molecule has 0 aliphatic heterocycles. The number of nitrogens with zero attached hydrogens (tertiary/aromatic N) is 2. The van der Waals surface area contributed by atoms with Crippen LogP contribution >= 0.6 is 0 Å². The molecule has 0 amide bonds. The summed E-state index contributed by atoms with van der Waals surface area (Å²) in [6, 6.07) is 0. The molecule has 0 bridgehead atoms. The average molecular weight is 211 g/mol. The zero-order valence-electron chi connectivity index (χ0n) is 9.14. The molecule has 0 aliphatic rings. The lowest BCUT2D eigenvalue weighted by atomic mass is 10.1. The van der Waals surface area contributed by atoms with Crippen LogP contribution in [0.2, 0.25) is 0 Å². The van der Waals surface area contributed by atoms with Crippen LogP contribution in [0, 0.1) is 5.92 Å². The maximum atomic E-state index is 11.3. The van der Waals surface area contributed by atoms with Gasteiger partial charge in [-0.25, -0.2) is 0 Å². The lowest BCUT2D eigenvalue weighted by molar-refractivity contribution is -0.145. The van der Waals surface area contributed by atoms with Gasteiger partial charge in [0.15, 0.2) is 0 Å². The monoisotopic (exact) mass is 211 g/mol. The van der Waals surface area contributed by atoms with Gasteiger partial charge in [-0.05, 0) is 5.92 Å². The van der Waals surface area contributed by atoms with Crippen molar-refractivity contribution >= 4 is 11.7 Å². The molecule has 1 rings (SSSR count). The summed E-state index contributed by atoms with van der Waals surface area (Å²) < 4.78 is 6.53. The lowest BCUT2D eigenvalue weighted by Crippen LogP contribution is -2.17. The number of aromatic nitrogens is 2. The normalized spacial score (nSPS) is 12.4. The molecule has 2 N–H and O–H groups in total. The smallest absolute Gasteiger partial charge is 0.327 e. The molecule has 0 saturated heterocycles. The third-order valence-electron chi connectivity index (χ3n) is 2.17. The molecule has 84 valence electrons. The van der Waals surface area contributed by atoms with Gasteiger partial charge in [0.05, 0.1) is 18.5 Å². The van der Waals surface area contributed by atoms with E-state index in [0.29, 0.717) is 18.2 Å². The molecule has 1 atom stereocenters. The van der Waals surface area contributed by atoms with Gasteiger partial charge in [-0.1, -0.05) is 20.3 Å². The van der Waals surface area contributed by atoms with Crippen molar-refractivity contribution in [1.29, 1.82) is 0 Å². The second-order valence-corrected chi connectivity index (χ2v) is 3.67. The van der Waals surface area contributed by atoms with Gasteiger partial charge in [0, 0.05) is 6.20 Å². The van der Waals surface area contributed by atoms with E-state index in [1.54, 1.807) is 6.20 Å². The van der Waals surface area contributed by atoms with Gasteiger partial charge in [-0.15, -0.1) is 0 Å². The van der Waals surface area contributed by atoms with Gasteiger partial charge in [-0.2, -0.15) is 5.10 Å². The molecule has 0 aromatic carbocycles. The van der Waals surface area contributed by atoms with E-state index in [1.807, 2.05) is 6.92 Å². The SMILES string of the molecule is CCC(C)COC(=O)Cn1cc(N)cn1. The summed E-state index contributed by atoms with van der Waals surface area (Å²) in [6.45, 7) is 4.69. The highest BCUT2D eigenvalue weighted by Gasteiger charge is 2.07. The molecule has 0 radical (unpaired) electrons. The van der Waals surface area contributed by atoms with Crippen LogP contribution in [-0.4, -0.2) is 22.4 Å². The number of carbonyl (C=O) groups is 1. The zero-order chi connectivity index (χ0) is 11.3. The second kappa shape index (κ2) is 5.38. The predicted molar refractivity (Wildman–Crippen MR) is 57.1 cm³/mol. The third-order valence-corrected chi connectivity index (χ3v) is 2.17. The van der Waals surface area contributed by atoms with Crippen molar-refractivity contribution in [2.24, 2.45) is 5.92 Å². The van der Waals surface area contributed by atoms with E-state index in [1.165, 1.54) is 10.9 Å². The topological polar surface area (TPSA) is 70.1 Å². The fraction of sp³-hybridized carbons (Fsp3) is 0.600. The zero-order valence-corrected chi connectivity index (χ0v) is 9.14. The lowest BCUT2D eigenvalue weighted by Gasteiger charge is -2.09. The van der Waals surface area contributed by atoms with E-state index >= 15 is 0 Å². The van der Waals surface area contributed by atoms with E-state index in [0.717, 1.165) is 6.42 Å². The summed E-state index contributed by atoms with van der Waals surface area (Å²) in [5.74, 6) is 0.120. The van der Waals surface area contributed by atoms with Crippen molar-refractivity contribution in [1.82, 2.24) is 9.78 Å². The molecule has 0 fully saturated rings. The van der Waals surface area contributed by atoms with Crippen molar-refractivity contribution in [3.05, 3.63) is 12.4 Å². The molecular weight excluding hydrogens is 194 g/mol. The Morgan fingerprint density at radius 1 is 1.73 bits per heavy atom. The minimum Gasteiger partial charge on any atom is -0.464 e. The minimum atomic E-state index is -0.279. The second-order valence-electron chi connectivity index (χ2n) is 3.67. The van der Waals surface area contributed by atoms with Gasteiger partial charge in [0.25, 0.3) is 0 Å². The first-order chi connectivity index (χ1) is 7.11. The summed E-state index contributed by atoms with van der Waals surface area (Å²) in [4.78, 5) is 11.3. The van der Waals surface area contributed by atoms with Crippen LogP contribution < -0.4 is 5.73 Å². The molecule has 15 heavy (non-hydrogen) atoms. The number of carbonyl (C=O) groups excluding carboxylic acids is 1. The molecule has 1 heterocycles. The molecule has 1 aromatic heterocycles. The largest absolute Gasteiger partial charge is 0.464 e. The highest BCUT2D eigenvalue weighted by Crippen LogP contribution is 2.02. The summed E-state index contributed by atoms with van der Waals surface area (Å²) >= 11 is 0. The van der Waals surface area contributed by atoms with E-state index in [4.69, 9.17) is 10.5 Å². The molecule has 0 spiro atoms. The standard InChI is InChI=1S/C10H17N3O2/c1-3-8(2)7-15-10(14)6-13-5-9(11)4-12-13/h4-5,8H,3,6-7,11H2,1-2H3. The molecule has 0 saturated carbocycles. The molecule has 0 aliphatic carbocycles. The fourth-order valence-corrected chi connectivity index (χ4v) is 0.997. The number of hydrogen-bond donors (Lipinski definition) is 1. The molecular formula is C10H17N3O2. The van der Waals surface area contributed by atoms with Crippen LogP contribution in [0.3, 0.4) is 0 Å². The van der Waals surface area contributed by atoms with Crippen LogP contribution in [0.5, 0.6) is 0 Å². The predicted octanol–water partition coefficient (Wildman–Crippen LogP) is 1.05. The van der Waals surface area contributed by atoms with Crippen molar-refractivity contribution in [2.45, 2.75) is 26.8 Å². The summed E-state index contributed by atoms with van der Waals surface area (Å²) in [6.07, 6.45) is 4.11. The quantitative estimate of drug-likeness (QED) is 0.739. The minimum absolute atomic E-state index is 0.119. The molecule has 5 nitrogen and oxygen atoms in total. The number of ether oxygens (including phenoxy) is 1. The van der Waals surface area contributed by atoms with Gasteiger partial charge in [0.2, 0.25) is 0 Å². The van der Waals surface area contributed by atoms with Gasteiger partial charge in [-0.3, -0.25) is 9.48 Å². The van der Waals surface area contributed by atoms with Crippen LogP contribution in [-0.2, 0) is 16.1 Å². The number of nitrogens with two attached hydrogens (primary N) is 1. The van der Waals surface area contributed by atoms with E-state index in [-0.39, 0.29) is 12.5 Å². The van der Waals surface area contributed by atoms with Crippen molar-refractivity contribution in [3.8, 4) is 0 Å². The van der Waals surface area contributed by atoms with Crippen molar-refractivity contribution in [3.63, 3.8) is 0 Å². The molecule has 5 heteroatoms. The van der Waals surface area contributed by atoms with Crippen molar-refractivity contribution in [2.75, 3.05) is 12.3 Å². The third kappa shape index (κ3) is 4.01. The summed E-state index contributed by atoms with van der Waals surface area (Å²) in [5.41, 5.74) is 6.01. The van der Waals surface area contributed by atoms with Gasteiger partial charge in [0.1, 0.15) is 6.54 Å². The Bertz CT molecular complexity index is 322. The van der Waals surface area contributed by atoms with E-state index in [2.05, 4.69) is 12.0 Å². The maximum absolute atomic E-state index is 11.3. The maximum Gasteiger partial charge on any atom is 0.327 e. The highest BCUT2D eigenvalue weighted by atomic mass is 16.5. The highest BCUT2D eigenvalue weighted by molar-refractivity contribution is 5.69. The first kappa shape index (κ1) is 11.6. The van der Waals surface area contributed by atoms with Gasteiger partial charge >= 0.3 is 5.97 Å². The summed E-state index contributed by atoms with van der Waals surface area (Å²) in [5, 5.41) is 3.89. The van der Waals surface area contributed by atoms with Crippen LogP contribution in [0.4, 0.5) is 5.69 Å². The number of esters is 1. The molecule has 1 aromatic rings. The Morgan fingerprint density at radius 2 is 2.47 bits per heavy atom. The number of hydrogen-bond acceptors (Lipinski definition) is 4. The Balaban J connectivity index is 2.30. The number of rotatable bonds is 5. The van der Waals surface area contributed by atoms with E-state index in [9.17, 15) is 4.79 Å². The Kier molecular flexibility index (Phi) is 4.15. The van der Waals surface area contributed by atoms with Crippen LogP contribution in [0.25, 0.3) is 0 Å². The Hall–Kier alpha value is -1.52. The van der Waals surface area contributed by atoms with Crippen LogP contribution in [0.15, 0.2) is 12.4 Å². The Morgan fingerprint density at radius 3 is 3.00 bits per heavy atom. The van der Waals surface area contributed by atoms with Crippen LogP contribution in [0.1, 0.15) is 20.3 Å². The summed E-state index contributed by atoms with van der Waals surface area (Å²) in [7, 11) is 0. The first-order valence-corrected chi connectivity index (χ1v) is 5.05. The average Bonchev–Trinajstić information content (AvgIpc) is 2.60. The Labute approximate surface area is 89.2 Å². The van der Waals surface area contributed by atoms with Gasteiger partial charge < -0.3 is 10.5 Å². The number of anilines is 1. The molecule has 1 unspecified atom stereocenters. The fourth-order valence-electron chi connectivity index (χ4n) is 0.997.